The number of para-hydroxylation sites is 1. The highest BCUT2D eigenvalue weighted by atomic mass is 127. The molecule has 7 heteroatoms. The second-order valence-electron chi connectivity index (χ2n) is 6.62. The van der Waals surface area contributed by atoms with Gasteiger partial charge in [-0.3, -0.25) is 4.99 Å². The van der Waals surface area contributed by atoms with Gasteiger partial charge in [0.2, 0.25) is 0 Å². The van der Waals surface area contributed by atoms with Crippen molar-refractivity contribution in [3.05, 3.63) is 54.5 Å². The maximum Gasteiger partial charge on any atom is 0.191 e. The van der Waals surface area contributed by atoms with E-state index in [4.69, 9.17) is 18.9 Å². The zero-order valence-electron chi connectivity index (χ0n) is 16.1. The molecule has 0 amide bonds. The van der Waals surface area contributed by atoms with Crippen molar-refractivity contribution in [3.8, 4) is 5.75 Å². The lowest BCUT2D eigenvalue weighted by Gasteiger charge is -2.14. The first-order valence-corrected chi connectivity index (χ1v) is 9.70. The van der Waals surface area contributed by atoms with Crippen LogP contribution in [0.2, 0.25) is 0 Å². The van der Waals surface area contributed by atoms with Crippen LogP contribution in [0.15, 0.2) is 58.1 Å². The molecule has 0 saturated carbocycles. The van der Waals surface area contributed by atoms with E-state index in [0.29, 0.717) is 12.5 Å². The molecule has 1 aliphatic heterocycles. The minimum atomic E-state index is 0. The molecule has 0 spiro atoms. The lowest BCUT2D eigenvalue weighted by molar-refractivity contribution is 0.187. The van der Waals surface area contributed by atoms with E-state index in [9.17, 15) is 0 Å². The van der Waals surface area contributed by atoms with Crippen molar-refractivity contribution in [1.82, 2.24) is 10.6 Å². The van der Waals surface area contributed by atoms with E-state index in [1.54, 1.807) is 6.26 Å². The molecule has 2 aromatic rings. The largest absolute Gasteiger partial charge is 0.494 e. The van der Waals surface area contributed by atoms with Crippen molar-refractivity contribution in [1.29, 1.82) is 0 Å². The van der Waals surface area contributed by atoms with Gasteiger partial charge >= 0.3 is 0 Å². The normalized spacial score (nSPS) is 16.4. The minimum absolute atomic E-state index is 0. The number of nitrogens with zero attached hydrogens (tertiary/aromatic N) is 1. The molecule has 1 aromatic heterocycles. The SMILES string of the molecule is I.c1ccc(OCCCNC(=NCC2CCOC2)NCCc2ccco2)cc1. The van der Waals surface area contributed by atoms with Crippen molar-refractivity contribution in [2.45, 2.75) is 19.3 Å². The number of furan rings is 1. The highest BCUT2D eigenvalue weighted by Gasteiger charge is 2.15. The van der Waals surface area contributed by atoms with Crippen LogP contribution in [0, 0.1) is 5.92 Å². The van der Waals surface area contributed by atoms with E-state index in [1.165, 1.54) is 0 Å². The molecule has 1 fully saturated rings. The Morgan fingerprint density at radius 1 is 1.11 bits per heavy atom. The van der Waals surface area contributed by atoms with Gasteiger partial charge in [-0.1, -0.05) is 18.2 Å². The Bertz CT molecular complexity index is 659. The summed E-state index contributed by atoms with van der Waals surface area (Å²) in [6.45, 7) is 4.71. The van der Waals surface area contributed by atoms with Crippen LogP contribution in [0.3, 0.4) is 0 Å². The minimum Gasteiger partial charge on any atom is -0.494 e. The Labute approximate surface area is 184 Å². The van der Waals surface area contributed by atoms with Crippen molar-refractivity contribution in [2.75, 3.05) is 39.5 Å². The lowest BCUT2D eigenvalue weighted by Crippen LogP contribution is -2.39. The number of halogens is 1. The average Bonchev–Trinajstić information content (AvgIpc) is 3.40. The van der Waals surface area contributed by atoms with Crippen molar-refractivity contribution < 1.29 is 13.9 Å². The summed E-state index contributed by atoms with van der Waals surface area (Å²) in [6, 6.07) is 13.8. The fraction of sp³-hybridized carbons (Fsp3) is 0.476. The van der Waals surface area contributed by atoms with E-state index in [1.807, 2.05) is 42.5 Å². The second kappa shape index (κ2) is 13.4. The first-order valence-electron chi connectivity index (χ1n) is 9.70. The number of nitrogens with one attached hydrogen (secondary N) is 2. The smallest absolute Gasteiger partial charge is 0.191 e. The molecular weight excluding hydrogens is 469 g/mol. The van der Waals surface area contributed by atoms with E-state index < -0.39 is 0 Å². The van der Waals surface area contributed by atoms with Crippen LogP contribution in [0.5, 0.6) is 5.75 Å². The van der Waals surface area contributed by atoms with E-state index in [2.05, 4.69) is 10.6 Å². The average molecular weight is 499 g/mol. The molecule has 28 heavy (non-hydrogen) atoms. The summed E-state index contributed by atoms with van der Waals surface area (Å²) < 4.78 is 16.5. The third kappa shape index (κ3) is 8.52. The molecule has 154 valence electrons. The number of hydrogen-bond donors (Lipinski definition) is 2. The van der Waals surface area contributed by atoms with E-state index >= 15 is 0 Å². The molecule has 1 atom stereocenters. The van der Waals surface area contributed by atoms with Gasteiger partial charge in [-0.15, -0.1) is 24.0 Å². The molecule has 0 bridgehead atoms. The Hall–Kier alpha value is -1.74. The highest BCUT2D eigenvalue weighted by Crippen LogP contribution is 2.12. The summed E-state index contributed by atoms with van der Waals surface area (Å²) in [5, 5.41) is 6.79. The molecular formula is C21H30IN3O3. The molecule has 3 rings (SSSR count). The number of hydrogen-bond acceptors (Lipinski definition) is 4. The monoisotopic (exact) mass is 499 g/mol. The highest BCUT2D eigenvalue weighted by molar-refractivity contribution is 14.0. The molecule has 0 aliphatic carbocycles. The standard InChI is InChI=1S/C21H29N3O3.HI/c1-2-6-19(7-3-1)27-14-5-11-22-21(24-16-18-10-15-25-17-18)23-12-9-20-8-4-13-26-20;/h1-4,6-8,13,18H,5,9-12,14-17H2,(H2,22,23,24);1H. The third-order valence-electron chi connectivity index (χ3n) is 4.40. The molecule has 1 unspecified atom stereocenters. The van der Waals surface area contributed by atoms with Gasteiger partial charge in [-0.2, -0.15) is 0 Å². The first-order chi connectivity index (χ1) is 13.4. The van der Waals surface area contributed by atoms with Gasteiger partial charge in [0, 0.05) is 38.6 Å². The molecule has 6 nitrogen and oxygen atoms in total. The number of guanidine groups is 1. The molecule has 2 heterocycles. The molecule has 1 aliphatic rings. The predicted molar refractivity (Wildman–Crippen MR) is 122 cm³/mol. The van der Waals surface area contributed by atoms with Gasteiger partial charge in [0.05, 0.1) is 19.5 Å². The van der Waals surface area contributed by atoms with Gasteiger partial charge in [-0.25, -0.2) is 0 Å². The predicted octanol–water partition coefficient (Wildman–Crippen LogP) is 3.48. The van der Waals surface area contributed by atoms with E-state index in [-0.39, 0.29) is 24.0 Å². The van der Waals surface area contributed by atoms with Crippen LogP contribution in [0.1, 0.15) is 18.6 Å². The summed E-state index contributed by atoms with van der Waals surface area (Å²) in [6.07, 6.45) is 4.53. The molecule has 2 N–H and O–H groups in total. The Morgan fingerprint density at radius 3 is 2.71 bits per heavy atom. The fourth-order valence-corrected chi connectivity index (χ4v) is 2.87. The Kier molecular flexibility index (Phi) is 10.8. The van der Waals surface area contributed by atoms with Crippen LogP contribution in [-0.2, 0) is 11.2 Å². The second-order valence-corrected chi connectivity index (χ2v) is 6.62. The van der Waals surface area contributed by atoms with Gasteiger partial charge in [0.25, 0.3) is 0 Å². The topological polar surface area (TPSA) is 68.0 Å². The fourth-order valence-electron chi connectivity index (χ4n) is 2.87. The molecule has 1 saturated heterocycles. The van der Waals surface area contributed by atoms with Gasteiger partial charge in [-0.05, 0) is 37.1 Å². The van der Waals surface area contributed by atoms with Crippen LogP contribution >= 0.6 is 24.0 Å². The summed E-state index contributed by atoms with van der Waals surface area (Å²) in [5.74, 6) is 3.25. The maximum atomic E-state index is 5.73. The number of benzene rings is 1. The summed E-state index contributed by atoms with van der Waals surface area (Å²) in [7, 11) is 0. The Morgan fingerprint density at radius 2 is 1.96 bits per heavy atom. The number of ether oxygens (including phenoxy) is 2. The summed E-state index contributed by atoms with van der Waals surface area (Å²) >= 11 is 0. The summed E-state index contributed by atoms with van der Waals surface area (Å²) in [5.41, 5.74) is 0. The van der Waals surface area contributed by atoms with Gasteiger partial charge < -0.3 is 24.5 Å². The zero-order valence-corrected chi connectivity index (χ0v) is 18.5. The molecule has 1 aromatic carbocycles. The maximum absolute atomic E-state index is 5.73. The lowest BCUT2D eigenvalue weighted by atomic mass is 10.1. The molecule has 0 radical (unpaired) electrons. The number of rotatable bonds is 10. The first kappa shape index (κ1) is 22.5. The number of aliphatic imine (C=N–C) groups is 1. The van der Waals surface area contributed by atoms with Crippen LogP contribution in [-0.4, -0.2) is 45.4 Å². The van der Waals surface area contributed by atoms with E-state index in [0.717, 1.165) is 69.6 Å². The van der Waals surface area contributed by atoms with Crippen LogP contribution < -0.4 is 15.4 Å². The van der Waals surface area contributed by atoms with Gasteiger partial charge in [0.15, 0.2) is 5.96 Å². The van der Waals surface area contributed by atoms with Crippen molar-refractivity contribution in [2.24, 2.45) is 10.9 Å². The van der Waals surface area contributed by atoms with Crippen molar-refractivity contribution >= 4 is 29.9 Å². The zero-order chi connectivity index (χ0) is 18.6. The third-order valence-corrected chi connectivity index (χ3v) is 4.40. The van der Waals surface area contributed by atoms with Crippen LogP contribution in [0.25, 0.3) is 0 Å². The quantitative estimate of drug-likeness (QED) is 0.227. The van der Waals surface area contributed by atoms with Crippen LogP contribution in [0.4, 0.5) is 0 Å². The Balaban J connectivity index is 0.00000280. The van der Waals surface area contributed by atoms with Crippen molar-refractivity contribution in [3.63, 3.8) is 0 Å². The summed E-state index contributed by atoms with van der Waals surface area (Å²) in [4.78, 5) is 4.72. The van der Waals surface area contributed by atoms with Gasteiger partial charge in [0.1, 0.15) is 11.5 Å².